The van der Waals surface area contributed by atoms with E-state index in [1.165, 1.54) is 0 Å². The highest BCUT2D eigenvalue weighted by atomic mass is 16.2. The highest BCUT2D eigenvalue weighted by Crippen LogP contribution is 2.20. The highest BCUT2D eigenvalue weighted by molar-refractivity contribution is 6.21. The van der Waals surface area contributed by atoms with Crippen molar-refractivity contribution in [3.8, 4) is 0 Å². The Labute approximate surface area is 103 Å². The Morgan fingerprint density at radius 1 is 1.06 bits per heavy atom. The molecule has 3 N–H and O–H groups in total. The number of hydrogen-bond acceptors (Lipinski definition) is 3. The monoisotopic (exact) mass is 241 g/mol. The third-order valence-electron chi connectivity index (χ3n) is 2.88. The molecule has 2 heterocycles. The van der Waals surface area contributed by atoms with Gasteiger partial charge in [-0.05, 0) is 30.3 Å². The van der Waals surface area contributed by atoms with Gasteiger partial charge in [0.25, 0.3) is 11.8 Å². The second-order valence-electron chi connectivity index (χ2n) is 4.09. The predicted octanol–water partition coefficient (Wildman–Crippen LogP) is 1.51. The Bertz CT molecular complexity index is 617. The lowest BCUT2D eigenvalue weighted by atomic mass is 10.1. The van der Waals surface area contributed by atoms with Crippen LogP contribution < -0.4 is 10.6 Å². The topological polar surface area (TPSA) is 74.0 Å². The first-order valence-corrected chi connectivity index (χ1v) is 5.60. The van der Waals surface area contributed by atoms with Gasteiger partial charge >= 0.3 is 0 Å². The molecule has 0 fully saturated rings. The minimum absolute atomic E-state index is 0.328. The molecule has 0 atom stereocenters. The summed E-state index contributed by atoms with van der Waals surface area (Å²) in [4.78, 5) is 25.9. The summed E-state index contributed by atoms with van der Waals surface area (Å²) < 4.78 is 0. The van der Waals surface area contributed by atoms with E-state index >= 15 is 0 Å². The molecular weight excluding hydrogens is 230 g/mol. The fourth-order valence-electron chi connectivity index (χ4n) is 1.95. The number of fused-ring (bicyclic) bond motifs is 1. The summed E-state index contributed by atoms with van der Waals surface area (Å²) >= 11 is 0. The van der Waals surface area contributed by atoms with Crippen molar-refractivity contribution in [2.75, 3.05) is 5.32 Å². The second-order valence-corrected chi connectivity index (χ2v) is 4.09. The quantitative estimate of drug-likeness (QED) is 0.713. The molecule has 5 heteroatoms. The van der Waals surface area contributed by atoms with Crippen LogP contribution in [0.2, 0.25) is 0 Å². The van der Waals surface area contributed by atoms with Gasteiger partial charge in [0.05, 0.1) is 17.7 Å². The molecular formula is C13H11N3O2. The van der Waals surface area contributed by atoms with Crippen LogP contribution in [0.3, 0.4) is 0 Å². The van der Waals surface area contributed by atoms with E-state index in [4.69, 9.17) is 0 Å². The van der Waals surface area contributed by atoms with E-state index in [0.717, 1.165) is 11.4 Å². The van der Waals surface area contributed by atoms with Gasteiger partial charge in [0.15, 0.2) is 0 Å². The third kappa shape index (κ3) is 1.75. The van der Waals surface area contributed by atoms with Crippen molar-refractivity contribution < 1.29 is 9.59 Å². The van der Waals surface area contributed by atoms with Crippen molar-refractivity contribution in [1.29, 1.82) is 0 Å². The van der Waals surface area contributed by atoms with Crippen LogP contribution in [0.1, 0.15) is 26.4 Å². The van der Waals surface area contributed by atoms with Crippen molar-refractivity contribution in [1.82, 2.24) is 10.3 Å². The molecule has 90 valence electrons. The molecule has 1 aromatic carbocycles. The van der Waals surface area contributed by atoms with Crippen molar-refractivity contribution >= 4 is 17.5 Å². The van der Waals surface area contributed by atoms with Crippen LogP contribution >= 0.6 is 0 Å². The van der Waals surface area contributed by atoms with Crippen molar-refractivity contribution in [3.05, 3.63) is 53.3 Å². The first kappa shape index (κ1) is 10.6. The molecule has 0 unspecified atom stereocenters. The molecule has 18 heavy (non-hydrogen) atoms. The number of amides is 2. The van der Waals surface area contributed by atoms with Crippen LogP contribution in [0.4, 0.5) is 5.69 Å². The first-order chi connectivity index (χ1) is 8.74. The number of carbonyl (C=O) groups excluding carboxylic acids is 2. The Balaban J connectivity index is 1.81. The summed E-state index contributed by atoms with van der Waals surface area (Å²) in [6.45, 7) is 0.640. The summed E-state index contributed by atoms with van der Waals surface area (Å²) in [5, 5.41) is 5.46. The fourth-order valence-corrected chi connectivity index (χ4v) is 1.95. The van der Waals surface area contributed by atoms with Crippen LogP contribution in [0.5, 0.6) is 0 Å². The normalized spacial score (nSPS) is 13.3. The first-order valence-electron chi connectivity index (χ1n) is 5.60. The van der Waals surface area contributed by atoms with Gasteiger partial charge in [-0.1, -0.05) is 0 Å². The Morgan fingerprint density at radius 2 is 1.89 bits per heavy atom. The van der Waals surface area contributed by atoms with Gasteiger partial charge in [-0.2, -0.15) is 0 Å². The van der Waals surface area contributed by atoms with E-state index in [-0.39, 0.29) is 11.8 Å². The lowest BCUT2D eigenvalue weighted by molar-refractivity contribution is 0.0879. The molecule has 2 amide bonds. The molecule has 1 aromatic heterocycles. The van der Waals surface area contributed by atoms with Gasteiger partial charge in [0.2, 0.25) is 0 Å². The lowest BCUT2D eigenvalue weighted by Crippen LogP contribution is -2.19. The van der Waals surface area contributed by atoms with Crippen LogP contribution in [0, 0.1) is 0 Å². The molecule has 5 nitrogen and oxygen atoms in total. The largest absolute Gasteiger partial charge is 0.379 e. The second kappa shape index (κ2) is 4.03. The fraction of sp³-hybridized carbons (Fsp3) is 0.0769. The Hall–Kier alpha value is -2.56. The Kier molecular flexibility index (Phi) is 2.37. The molecule has 0 spiro atoms. The SMILES string of the molecule is O=C1NC(=O)c2cc(NCc3ccc[nH]3)ccc21. The molecule has 0 bridgehead atoms. The maximum atomic E-state index is 11.5. The molecule has 0 radical (unpaired) electrons. The summed E-state index contributed by atoms with van der Waals surface area (Å²) in [6.07, 6.45) is 1.85. The number of benzene rings is 1. The van der Waals surface area contributed by atoms with E-state index in [0.29, 0.717) is 17.7 Å². The van der Waals surface area contributed by atoms with E-state index in [1.54, 1.807) is 18.2 Å². The zero-order valence-electron chi connectivity index (χ0n) is 9.49. The highest BCUT2D eigenvalue weighted by Gasteiger charge is 2.26. The van der Waals surface area contributed by atoms with Crippen LogP contribution in [-0.2, 0) is 6.54 Å². The van der Waals surface area contributed by atoms with E-state index in [9.17, 15) is 9.59 Å². The number of nitrogens with one attached hydrogen (secondary N) is 3. The van der Waals surface area contributed by atoms with Crippen molar-refractivity contribution in [2.45, 2.75) is 6.54 Å². The molecule has 2 aromatic rings. The number of anilines is 1. The molecule has 1 aliphatic rings. The summed E-state index contributed by atoms with van der Waals surface area (Å²) in [5.74, 6) is -0.663. The van der Waals surface area contributed by atoms with Gasteiger partial charge in [-0.25, -0.2) is 0 Å². The number of aromatic amines is 1. The van der Waals surface area contributed by atoms with Crippen molar-refractivity contribution in [2.24, 2.45) is 0 Å². The maximum absolute atomic E-state index is 11.5. The number of carbonyl (C=O) groups is 2. The molecule has 0 saturated heterocycles. The standard InChI is InChI=1S/C13H11N3O2/c17-12-10-4-3-8(6-11(10)13(18)16-12)15-7-9-2-1-5-14-9/h1-6,14-15H,7H2,(H,16,17,18). The summed E-state index contributed by atoms with van der Waals surface area (Å²) in [5.41, 5.74) is 2.73. The van der Waals surface area contributed by atoms with Crippen LogP contribution in [0.25, 0.3) is 0 Å². The predicted molar refractivity (Wildman–Crippen MR) is 66.4 cm³/mol. The molecule has 3 rings (SSSR count). The minimum atomic E-state index is -0.335. The Morgan fingerprint density at radius 3 is 2.67 bits per heavy atom. The zero-order chi connectivity index (χ0) is 12.5. The van der Waals surface area contributed by atoms with Gasteiger partial charge < -0.3 is 10.3 Å². The third-order valence-corrected chi connectivity index (χ3v) is 2.88. The maximum Gasteiger partial charge on any atom is 0.259 e. The van der Waals surface area contributed by atoms with Gasteiger partial charge in [0.1, 0.15) is 0 Å². The summed E-state index contributed by atoms with van der Waals surface area (Å²) in [7, 11) is 0. The van der Waals surface area contributed by atoms with Gasteiger partial charge in [-0.3, -0.25) is 14.9 Å². The smallest absolute Gasteiger partial charge is 0.259 e. The number of hydrogen-bond donors (Lipinski definition) is 3. The van der Waals surface area contributed by atoms with E-state index in [1.807, 2.05) is 18.3 Å². The van der Waals surface area contributed by atoms with E-state index in [2.05, 4.69) is 15.6 Å². The van der Waals surface area contributed by atoms with Gasteiger partial charge in [-0.15, -0.1) is 0 Å². The molecule has 0 aliphatic carbocycles. The molecule has 1 aliphatic heterocycles. The average molecular weight is 241 g/mol. The van der Waals surface area contributed by atoms with Crippen LogP contribution in [-0.4, -0.2) is 16.8 Å². The van der Waals surface area contributed by atoms with E-state index < -0.39 is 0 Å². The number of imide groups is 1. The molecule has 0 saturated carbocycles. The average Bonchev–Trinajstić information content (AvgIpc) is 2.97. The number of aromatic nitrogens is 1. The van der Waals surface area contributed by atoms with Crippen LogP contribution in [0.15, 0.2) is 36.5 Å². The number of rotatable bonds is 3. The lowest BCUT2D eigenvalue weighted by Gasteiger charge is -2.06. The number of H-pyrrole nitrogens is 1. The zero-order valence-corrected chi connectivity index (χ0v) is 9.49. The van der Waals surface area contributed by atoms with Gasteiger partial charge in [0, 0.05) is 17.6 Å². The minimum Gasteiger partial charge on any atom is -0.379 e. The van der Waals surface area contributed by atoms with Crippen molar-refractivity contribution in [3.63, 3.8) is 0 Å². The summed E-state index contributed by atoms with van der Waals surface area (Å²) in [6, 6.07) is 9.04.